The summed E-state index contributed by atoms with van der Waals surface area (Å²) in [5.74, 6) is -1.28. The van der Waals surface area contributed by atoms with Crippen molar-refractivity contribution in [1.29, 1.82) is 0 Å². The number of aryl methyl sites for hydroxylation is 1. The molecule has 10 nitrogen and oxygen atoms in total. The highest BCUT2D eigenvalue weighted by atomic mass is 16.5. The Labute approximate surface area is 189 Å². The molecule has 10 heteroatoms. The number of benzene rings is 2. The van der Waals surface area contributed by atoms with Crippen molar-refractivity contribution >= 4 is 34.4 Å². The molecule has 2 aromatic carbocycles. The number of nitrogens with zero attached hydrogens (tertiary/aromatic N) is 3. The van der Waals surface area contributed by atoms with Gasteiger partial charge in [0.25, 0.3) is 17.4 Å². The SMILES string of the molecule is CC(C)CNC(=O)c1ccccc1NC(=O)COC(=O)CCn1nnc2ccccc2c1=O. The molecule has 0 aliphatic rings. The number of carbonyl (C=O) groups is 3. The maximum atomic E-state index is 12.4. The van der Waals surface area contributed by atoms with Gasteiger partial charge in [-0.25, -0.2) is 4.68 Å². The zero-order valence-electron chi connectivity index (χ0n) is 18.4. The van der Waals surface area contributed by atoms with E-state index in [0.717, 1.165) is 4.68 Å². The molecule has 0 atom stereocenters. The summed E-state index contributed by atoms with van der Waals surface area (Å²) in [6.45, 7) is 3.90. The molecule has 0 aliphatic heterocycles. The van der Waals surface area contributed by atoms with Crippen LogP contribution in [0.3, 0.4) is 0 Å². The van der Waals surface area contributed by atoms with E-state index in [4.69, 9.17) is 4.74 Å². The van der Waals surface area contributed by atoms with E-state index in [2.05, 4.69) is 20.9 Å². The second-order valence-corrected chi connectivity index (χ2v) is 7.74. The molecule has 1 heterocycles. The molecule has 0 spiro atoms. The van der Waals surface area contributed by atoms with Crippen molar-refractivity contribution < 1.29 is 19.1 Å². The average molecular weight is 451 g/mol. The van der Waals surface area contributed by atoms with E-state index in [9.17, 15) is 19.2 Å². The lowest BCUT2D eigenvalue weighted by Gasteiger charge is -2.12. The highest BCUT2D eigenvalue weighted by molar-refractivity contribution is 6.04. The second kappa shape index (κ2) is 11.0. The number of hydrogen-bond acceptors (Lipinski definition) is 7. The summed E-state index contributed by atoms with van der Waals surface area (Å²) in [7, 11) is 0. The molecule has 0 saturated carbocycles. The summed E-state index contributed by atoms with van der Waals surface area (Å²) in [6, 6.07) is 13.3. The number of aromatic nitrogens is 3. The first-order valence-electron chi connectivity index (χ1n) is 10.5. The summed E-state index contributed by atoms with van der Waals surface area (Å²) >= 11 is 0. The van der Waals surface area contributed by atoms with Gasteiger partial charge in [0.15, 0.2) is 6.61 Å². The molecule has 0 aliphatic carbocycles. The van der Waals surface area contributed by atoms with Crippen molar-refractivity contribution in [2.75, 3.05) is 18.5 Å². The predicted molar refractivity (Wildman–Crippen MR) is 122 cm³/mol. The Kier molecular flexibility index (Phi) is 7.85. The Hall–Kier alpha value is -4.08. The minimum absolute atomic E-state index is 0.0318. The van der Waals surface area contributed by atoms with Crippen LogP contribution in [0.5, 0.6) is 0 Å². The van der Waals surface area contributed by atoms with Crippen LogP contribution in [-0.2, 0) is 20.9 Å². The summed E-state index contributed by atoms with van der Waals surface area (Å²) < 4.78 is 6.07. The first kappa shape index (κ1) is 23.6. The lowest BCUT2D eigenvalue weighted by molar-refractivity contribution is -0.147. The minimum atomic E-state index is -0.671. The average Bonchev–Trinajstić information content (AvgIpc) is 2.81. The molecule has 0 bridgehead atoms. The van der Waals surface area contributed by atoms with E-state index in [1.165, 1.54) is 0 Å². The van der Waals surface area contributed by atoms with E-state index < -0.39 is 18.5 Å². The van der Waals surface area contributed by atoms with Crippen LogP contribution in [-0.4, -0.2) is 45.9 Å². The number of nitrogens with one attached hydrogen (secondary N) is 2. The van der Waals surface area contributed by atoms with Crippen LogP contribution in [0.2, 0.25) is 0 Å². The Bertz CT molecular complexity index is 1220. The summed E-state index contributed by atoms with van der Waals surface area (Å²) in [6.07, 6.45) is -0.158. The lowest BCUT2D eigenvalue weighted by Crippen LogP contribution is -2.29. The number of anilines is 1. The van der Waals surface area contributed by atoms with Gasteiger partial charge in [0.2, 0.25) is 0 Å². The van der Waals surface area contributed by atoms with Gasteiger partial charge >= 0.3 is 5.97 Å². The highest BCUT2D eigenvalue weighted by Crippen LogP contribution is 2.15. The molecule has 0 fully saturated rings. The largest absolute Gasteiger partial charge is 0.456 e. The Morgan fingerprint density at radius 3 is 2.58 bits per heavy atom. The number of ether oxygens (including phenoxy) is 1. The quantitative estimate of drug-likeness (QED) is 0.474. The zero-order chi connectivity index (χ0) is 23.8. The van der Waals surface area contributed by atoms with E-state index >= 15 is 0 Å². The Morgan fingerprint density at radius 2 is 1.79 bits per heavy atom. The molecule has 172 valence electrons. The molecule has 3 aromatic rings. The minimum Gasteiger partial charge on any atom is -0.456 e. The van der Waals surface area contributed by atoms with Gasteiger partial charge in [-0.15, -0.1) is 5.10 Å². The third-order valence-electron chi connectivity index (χ3n) is 4.64. The molecule has 1 aromatic heterocycles. The predicted octanol–water partition coefficient (Wildman–Crippen LogP) is 1.75. The summed E-state index contributed by atoms with van der Waals surface area (Å²) in [5.41, 5.74) is 0.736. The number of esters is 1. The fourth-order valence-corrected chi connectivity index (χ4v) is 2.95. The van der Waals surface area contributed by atoms with Gasteiger partial charge in [0.05, 0.1) is 29.6 Å². The fourth-order valence-electron chi connectivity index (χ4n) is 2.95. The fraction of sp³-hybridized carbons (Fsp3) is 0.304. The second-order valence-electron chi connectivity index (χ2n) is 7.74. The number of amides is 2. The molecule has 33 heavy (non-hydrogen) atoms. The van der Waals surface area contributed by atoms with Gasteiger partial charge in [0, 0.05) is 6.54 Å². The van der Waals surface area contributed by atoms with Gasteiger partial charge in [-0.05, 0) is 30.2 Å². The first-order valence-corrected chi connectivity index (χ1v) is 10.5. The number of hydrogen-bond donors (Lipinski definition) is 2. The first-order chi connectivity index (χ1) is 15.8. The van der Waals surface area contributed by atoms with Crippen molar-refractivity contribution in [3.63, 3.8) is 0 Å². The van der Waals surface area contributed by atoms with Crippen molar-refractivity contribution in [2.24, 2.45) is 5.92 Å². The van der Waals surface area contributed by atoms with Crippen LogP contribution < -0.4 is 16.2 Å². The maximum absolute atomic E-state index is 12.4. The lowest BCUT2D eigenvalue weighted by atomic mass is 10.1. The van der Waals surface area contributed by atoms with Gasteiger partial charge in [0.1, 0.15) is 5.52 Å². The van der Waals surface area contributed by atoms with Gasteiger partial charge in [-0.2, -0.15) is 0 Å². The number of carbonyl (C=O) groups excluding carboxylic acids is 3. The van der Waals surface area contributed by atoms with E-state index in [-0.39, 0.29) is 30.3 Å². The highest BCUT2D eigenvalue weighted by Gasteiger charge is 2.15. The molecule has 2 amide bonds. The summed E-state index contributed by atoms with van der Waals surface area (Å²) in [5, 5.41) is 13.5. The molecular formula is C23H25N5O5. The molecule has 0 radical (unpaired) electrons. The number of rotatable bonds is 9. The third kappa shape index (κ3) is 6.45. The van der Waals surface area contributed by atoms with Gasteiger partial charge in [-0.1, -0.05) is 43.3 Å². The smallest absolute Gasteiger partial charge is 0.308 e. The Morgan fingerprint density at radius 1 is 1.06 bits per heavy atom. The standard InChI is InChI=1S/C23H25N5O5/c1-15(2)13-24-22(31)16-7-3-5-9-18(16)25-20(29)14-33-21(30)11-12-28-23(32)17-8-4-6-10-19(17)26-27-28/h3-10,15H,11-14H2,1-2H3,(H,24,31)(H,25,29). The monoisotopic (exact) mass is 451 g/mol. The third-order valence-corrected chi connectivity index (χ3v) is 4.64. The number of fused-ring (bicyclic) bond motifs is 1. The van der Waals surface area contributed by atoms with Crippen LogP contribution in [0.15, 0.2) is 53.3 Å². The van der Waals surface area contributed by atoms with E-state index in [0.29, 0.717) is 28.7 Å². The zero-order valence-corrected chi connectivity index (χ0v) is 18.4. The molecular weight excluding hydrogens is 426 g/mol. The normalized spacial score (nSPS) is 10.8. The van der Waals surface area contributed by atoms with Crippen LogP contribution in [0.25, 0.3) is 10.9 Å². The molecule has 2 N–H and O–H groups in total. The van der Waals surface area contributed by atoms with Crippen molar-refractivity contribution in [1.82, 2.24) is 20.3 Å². The van der Waals surface area contributed by atoms with Crippen LogP contribution >= 0.6 is 0 Å². The van der Waals surface area contributed by atoms with E-state index in [1.807, 2.05) is 13.8 Å². The van der Waals surface area contributed by atoms with Crippen LogP contribution in [0.4, 0.5) is 5.69 Å². The topological polar surface area (TPSA) is 132 Å². The van der Waals surface area contributed by atoms with E-state index in [1.54, 1.807) is 48.5 Å². The maximum Gasteiger partial charge on any atom is 0.308 e. The molecule has 0 saturated heterocycles. The molecule has 3 rings (SSSR count). The van der Waals surface area contributed by atoms with Crippen molar-refractivity contribution in [3.05, 3.63) is 64.4 Å². The summed E-state index contributed by atoms with van der Waals surface area (Å²) in [4.78, 5) is 49.0. The number of para-hydroxylation sites is 1. The molecule has 0 unspecified atom stereocenters. The van der Waals surface area contributed by atoms with Crippen molar-refractivity contribution in [3.8, 4) is 0 Å². The van der Waals surface area contributed by atoms with Crippen LogP contribution in [0.1, 0.15) is 30.6 Å². The van der Waals surface area contributed by atoms with Crippen LogP contribution in [0, 0.1) is 5.92 Å². The van der Waals surface area contributed by atoms with Gasteiger partial charge < -0.3 is 15.4 Å². The van der Waals surface area contributed by atoms with Gasteiger partial charge in [-0.3, -0.25) is 19.2 Å². The Balaban J connectivity index is 1.51. The van der Waals surface area contributed by atoms with Crippen molar-refractivity contribution in [2.45, 2.75) is 26.8 Å².